The van der Waals surface area contributed by atoms with Gasteiger partial charge in [-0.2, -0.15) is 0 Å². The minimum atomic E-state index is -0.450. The summed E-state index contributed by atoms with van der Waals surface area (Å²) in [7, 11) is 0. The lowest BCUT2D eigenvalue weighted by Crippen LogP contribution is -2.56. The molecule has 0 spiro atoms. The summed E-state index contributed by atoms with van der Waals surface area (Å²) in [5, 5.41) is 0. The Hall–Kier alpha value is -0.890. The molecule has 7 nitrogen and oxygen atoms in total. The van der Waals surface area contributed by atoms with Crippen LogP contribution in [-0.2, 0) is 23.7 Å². The fraction of sp³-hybridized carbons (Fsp3) is 0.955. The van der Waals surface area contributed by atoms with E-state index in [9.17, 15) is 4.79 Å². The topological polar surface area (TPSA) is 66.5 Å². The molecular weight excluding hydrogens is 374 g/mol. The zero-order chi connectivity index (χ0) is 21.1. The van der Waals surface area contributed by atoms with Gasteiger partial charge in [0.1, 0.15) is 5.60 Å². The number of amides is 1. The fourth-order valence-electron chi connectivity index (χ4n) is 3.13. The highest BCUT2D eigenvalue weighted by molar-refractivity contribution is 5.69. The molecule has 1 aliphatic carbocycles. The van der Waals surface area contributed by atoms with Gasteiger partial charge < -0.3 is 28.6 Å². The first-order valence-corrected chi connectivity index (χ1v) is 11.3. The maximum absolute atomic E-state index is 11.8. The van der Waals surface area contributed by atoms with Crippen LogP contribution in [0.5, 0.6) is 0 Å². The summed E-state index contributed by atoms with van der Waals surface area (Å²) < 4.78 is 28.3. The third kappa shape index (κ3) is 10.1. The van der Waals surface area contributed by atoms with Crippen molar-refractivity contribution in [1.82, 2.24) is 4.90 Å². The molecule has 1 aliphatic heterocycles. The molecule has 1 saturated carbocycles. The summed E-state index contributed by atoms with van der Waals surface area (Å²) in [4.78, 5) is 13.5. The molecule has 2 rings (SSSR count). The van der Waals surface area contributed by atoms with Crippen LogP contribution in [-0.4, -0.2) is 81.0 Å². The minimum absolute atomic E-state index is 0.119. The Morgan fingerprint density at radius 3 is 1.86 bits per heavy atom. The summed E-state index contributed by atoms with van der Waals surface area (Å²) in [6.07, 6.45) is 6.84. The fourth-order valence-corrected chi connectivity index (χ4v) is 3.13. The molecule has 1 saturated heterocycles. The Morgan fingerprint density at radius 1 is 0.828 bits per heavy atom. The van der Waals surface area contributed by atoms with Crippen molar-refractivity contribution in [2.45, 2.75) is 90.1 Å². The summed E-state index contributed by atoms with van der Waals surface area (Å²) in [5.41, 5.74) is -0.450. The average Bonchev–Trinajstić information content (AvgIpc) is 2.56. The first kappa shape index (κ1) is 24.4. The lowest BCUT2D eigenvalue weighted by molar-refractivity contribution is -0.104. The SMILES string of the molecule is CCCCOC1CC(OCCCOCCCOC2CN(C(=O)OC(C)(C)C)C2)C1. The highest BCUT2D eigenvalue weighted by atomic mass is 16.6. The number of carbonyl (C=O) groups is 1. The third-order valence-corrected chi connectivity index (χ3v) is 4.98. The van der Waals surface area contributed by atoms with Gasteiger partial charge in [0.05, 0.1) is 31.4 Å². The molecule has 0 atom stereocenters. The lowest BCUT2D eigenvalue weighted by atomic mass is 9.92. The highest BCUT2D eigenvalue weighted by Crippen LogP contribution is 2.26. The van der Waals surface area contributed by atoms with Crippen molar-refractivity contribution in [3.05, 3.63) is 0 Å². The van der Waals surface area contributed by atoms with Crippen LogP contribution < -0.4 is 0 Å². The van der Waals surface area contributed by atoms with Crippen LogP contribution >= 0.6 is 0 Å². The molecule has 1 amide bonds. The van der Waals surface area contributed by atoms with Crippen LogP contribution in [0, 0.1) is 0 Å². The Morgan fingerprint density at radius 2 is 1.34 bits per heavy atom. The molecule has 2 fully saturated rings. The van der Waals surface area contributed by atoms with Crippen molar-refractivity contribution in [2.75, 3.05) is 46.1 Å². The van der Waals surface area contributed by atoms with E-state index in [-0.39, 0.29) is 12.2 Å². The standard InChI is InChI=1S/C22H41NO6/c1-5-6-11-26-18-14-19(15-18)27-12-7-9-25-10-8-13-28-20-16-23(17-20)21(24)29-22(2,3)4/h18-20H,5-17H2,1-4H3. The normalized spacial score (nSPS) is 22.3. The van der Waals surface area contributed by atoms with E-state index in [4.69, 9.17) is 23.7 Å². The van der Waals surface area contributed by atoms with Crippen molar-refractivity contribution >= 4 is 6.09 Å². The number of unbranched alkanes of at least 4 members (excludes halogenated alkanes) is 1. The molecule has 0 aromatic rings. The number of rotatable bonds is 14. The molecule has 170 valence electrons. The molecule has 0 bridgehead atoms. The minimum Gasteiger partial charge on any atom is -0.444 e. The highest BCUT2D eigenvalue weighted by Gasteiger charge is 2.34. The lowest BCUT2D eigenvalue weighted by Gasteiger charge is -2.39. The maximum atomic E-state index is 11.8. The Kier molecular flexibility index (Phi) is 10.7. The van der Waals surface area contributed by atoms with Crippen molar-refractivity contribution in [3.63, 3.8) is 0 Å². The summed E-state index contributed by atoms with van der Waals surface area (Å²) in [5.74, 6) is 0. The van der Waals surface area contributed by atoms with Gasteiger partial charge in [-0.15, -0.1) is 0 Å². The largest absolute Gasteiger partial charge is 0.444 e. The predicted octanol–water partition coefficient (Wildman–Crippen LogP) is 3.78. The van der Waals surface area contributed by atoms with Gasteiger partial charge in [0.15, 0.2) is 0 Å². The molecule has 0 aromatic heterocycles. The maximum Gasteiger partial charge on any atom is 0.410 e. The monoisotopic (exact) mass is 415 g/mol. The van der Waals surface area contributed by atoms with Gasteiger partial charge in [0, 0.05) is 33.0 Å². The van der Waals surface area contributed by atoms with E-state index < -0.39 is 5.60 Å². The number of hydrogen-bond donors (Lipinski definition) is 0. The van der Waals surface area contributed by atoms with Gasteiger partial charge >= 0.3 is 6.09 Å². The van der Waals surface area contributed by atoms with Crippen molar-refractivity contribution in [1.29, 1.82) is 0 Å². The number of hydrogen-bond acceptors (Lipinski definition) is 6. The van der Waals surface area contributed by atoms with Crippen molar-refractivity contribution < 1.29 is 28.5 Å². The Labute approximate surface area is 176 Å². The van der Waals surface area contributed by atoms with Crippen molar-refractivity contribution in [2.24, 2.45) is 0 Å². The van der Waals surface area contributed by atoms with E-state index in [1.165, 1.54) is 6.42 Å². The van der Waals surface area contributed by atoms with Crippen molar-refractivity contribution in [3.8, 4) is 0 Å². The van der Waals surface area contributed by atoms with E-state index in [0.29, 0.717) is 38.5 Å². The molecule has 29 heavy (non-hydrogen) atoms. The second-order valence-corrected chi connectivity index (χ2v) is 9.01. The molecule has 1 heterocycles. The van der Waals surface area contributed by atoms with Gasteiger partial charge in [-0.05, 0) is 52.9 Å². The van der Waals surface area contributed by atoms with Crippen LogP contribution in [0.3, 0.4) is 0 Å². The van der Waals surface area contributed by atoms with Gasteiger partial charge in [-0.25, -0.2) is 4.79 Å². The van der Waals surface area contributed by atoms with E-state index in [1.807, 2.05) is 20.8 Å². The van der Waals surface area contributed by atoms with Crippen LogP contribution in [0.2, 0.25) is 0 Å². The number of likely N-dealkylation sites (tertiary alicyclic amines) is 1. The Balaban J connectivity index is 1.30. The van der Waals surface area contributed by atoms with E-state index in [1.54, 1.807) is 4.90 Å². The van der Waals surface area contributed by atoms with E-state index in [0.717, 1.165) is 51.9 Å². The second-order valence-electron chi connectivity index (χ2n) is 9.01. The smallest absolute Gasteiger partial charge is 0.410 e. The van der Waals surface area contributed by atoms with E-state index >= 15 is 0 Å². The van der Waals surface area contributed by atoms with Crippen LogP contribution in [0.15, 0.2) is 0 Å². The third-order valence-electron chi connectivity index (χ3n) is 4.98. The Bertz CT molecular complexity index is 455. The molecule has 0 radical (unpaired) electrons. The summed E-state index contributed by atoms with van der Waals surface area (Å²) in [6.45, 7) is 12.7. The van der Waals surface area contributed by atoms with Gasteiger partial charge in [0.25, 0.3) is 0 Å². The van der Waals surface area contributed by atoms with Gasteiger partial charge in [-0.1, -0.05) is 13.3 Å². The average molecular weight is 416 g/mol. The molecule has 0 N–H and O–H groups in total. The van der Waals surface area contributed by atoms with Crippen LogP contribution in [0.25, 0.3) is 0 Å². The van der Waals surface area contributed by atoms with Crippen LogP contribution in [0.4, 0.5) is 4.79 Å². The second kappa shape index (κ2) is 12.7. The zero-order valence-corrected chi connectivity index (χ0v) is 18.8. The predicted molar refractivity (Wildman–Crippen MR) is 111 cm³/mol. The molecular formula is C22H41NO6. The van der Waals surface area contributed by atoms with Gasteiger partial charge in [0.2, 0.25) is 0 Å². The molecule has 0 unspecified atom stereocenters. The number of nitrogens with zero attached hydrogens (tertiary/aromatic N) is 1. The summed E-state index contributed by atoms with van der Waals surface area (Å²) >= 11 is 0. The molecule has 7 heteroatoms. The zero-order valence-electron chi connectivity index (χ0n) is 18.8. The number of ether oxygens (including phenoxy) is 5. The first-order valence-electron chi connectivity index (χ1n) is 11.3. The molecule has 0 aromatic carbocycles. The first-order chi connectivity index (χ1) is 13.9. The van der Waals surface area contributed by atoms with E-state index in [2.05, 4.69) is 6.92 Å². The van der Waals surface area contributed by atoms with Crippen LogP contribution in [0.1, 0.15) is 66.2 Å². The van der Waals surface area contributed by atoms with Gasteiger partial charge in [-0.3, -0.25) is 0 Å². The quantitative estimate of drug-likeness (QED) is 0.402. The molecule has 2 aliphatic rings. The summed E-state index contributed by atoms with van der Waals surface area (Å²) in [6, 6.07) is 0. The number of carbonyl (C=O) groups excluding carboxylic acids is 1.